The van der Waals surface area contributed by atoms with Crippen LogP contribution in [0.25, 0.3) is 27.9 Å². The summed E-state index contributed by atoms with van der Waals surface area (Å²) in [4.78, 5) is 20.2. The number of pyridine rings is 1. The molecule has 0 aliphatic heterocycles. The van der Waals surface area contributed by atoms with E-state index in [-0.39, 0.29) is 5.91 Å². The summed E-state index contributed by atoms with van der Waals surface area (Å²) in [7, 11) is 0. The fraction of sp³-hybridized carbons (Fsp3) is 0.130. The lowest BCUT2D eigenvalue weighted by atomic mass is 10.1. The molecule has 4 nitrogen and oxygen atoms in total. The molecule has 0 aliphatic carbocycles. The first-order valence-corrected chi connectivity index (χ1v) is 8.94. The van der Waals surface area contributed by atoms with Crippen LogP contribution in [-0.4, -0.2) is 15.9 Å². The highest BCUT2D eigenvalue weighted by Crippen LogP contribution is 2.25. The van der Waals surface area contributed by atoms with Gasteiger partial charge in [0.05, 0.1) is 17.4 Å². The largest absolute Gasteiger partial charge is 0.353 e. The predicted molar refractivity (Wildman–Crippen MR) is 112 cm³/mol. The average molecular weight is 355 g/mol. The number of aromatic amines is 1. The van der Waals surface area contributed by atoms with Gasteiger partial charge in [-0.25, -0.2) is 0 Å². The van der Waals surface area contributed by atoms with Crippen molar-refractivity contribution in [1.82, 2.24) is 9.97 Å². The number of nitrogens with zero attached hydrogens (tertiary/aromatic N) is 1. The van der Waals surface area contributed by atoms with E-state index in [9.17, 15) is 4.79 Å². The third kappa shape index (κ3) is 3.34. The lowest BCUT2D eigenvalue weighted by Crippen LogP contribution is -2.10. The Hall–Kier alpha value is -3.40. The zero-order chi connectivity index (χ0) is 19.0. The van der Waals surface area contributed by atoms with Gasteiger partial charge in [0.25, 0.3) is 0 Å². The third-order valence-corrected chi connectivity index (χ3v) is 4.74. The molecule has 0 aliphatic rings. The van der Waals surface area contributed by atoms with E-state index in [4.69, 9.17) is 0 Å². The number of nitrogens with one attached hydrogen (secondary N) is 2. The average Bonchev–Trinajstić information content (AvgIpc) is 3.01. The lowest BCUT2D eigenvalue weighted by Gasteiger charge is -2.11. The molecule has 4 aromatic rings. The molecule has 0 atom stereocenters. The highest BCUT2D eigenvalue weighted by Gasteiger charge is 2.07. The maximum Gasteiger partial charge on any atom is 0.248 e. The van der Waals surface area contributed by atoms with Crippen LogP contribution in [0.4, 0.5) is 5.69 Å². The Bertz CT molecular complexity index is 1180. The topological polar surface area (TPSA) is 57.8 Å². The molecule has 0 spiro atoms. The van der Waals surface area contributed by atoms with Crippen LogP contribution in [0.15, 0.2) is 54.7 Å². The van der Waals surface area contributed by atoms with Crippen LogP contribution in [0, 0.1) is 20.8 Å². The zero-order valence-electron chi connectivity index (χ0n) is 15.6. The Morgan fingerprint density at radius 2 is 1.74 bits per heavy atom. The molecule has 4 heteroatoms. The first kappa shape index (κ1) is 17.0. The summed E-state index contributed by atoms with van der Waals surface area (Å²) in [5.74, 6) is -0.161. The third-order valence-electron chi connectivity index (χ3n) is 4.74. The van der Waals surface area contributed by atoms with Crippen molar-refractivity contribution in [3.63, 3.8) is 0 Å². The van der Waals surface area contributed by atoms with Gasteiger partial charge in [0.2, 0.25) is 5.91 Å². The number of para-hydroxylation sites is 1. The number of carbonyl (C=O) groups excluding carboxylic acids is 1. The van der Waals surface area contributed by atoms with Gasteiger partial charge in [-0.15, -0.1) is 0 Å². The summed E-state index contributed by atoms with van der Waals surface area (Å²) in [6.07, 6.45) is 5.08. The highest BCUT2D eigenvalue weighted by atomic mass is 16.1. The Kier molecular flexibility index (Phi) is 4.24. The number of amides is 1. The molecule has 4 rings (SSSR count). The van der Waals surface area contributed by atoms with E-state index >= 15 is 0 Å². The molecular weight excluding hydrogens is 334 g/mol. The standard InChI is InChI=1S/C23H21N3O/c1-14-10-15(2)23(16(3)11-14)26-22(27)9-8-17-12-19-18-6-4-5-7-20(18)25-21(19)13-24-17/h4-13,25H,1-3H3,(H,26,27)/b9-8+. The van der Waals surface area contributed by atoms with Crippen LogP contribution in [0.1, 0.15) is 22.4 Å². The van der Waals surface area contributed by atoms with Crippen LogP contribution < -0.4 is 5.32 Å². The fourth-order valence-electron chi connectivity index (χ4n) is 3.56. The van der Waals surface area contributed by atoms with Crippen molar-refractivity contribution in [2.45, 2.75) is 20.8 Å². The minimum Gasteiger partial charge on any atom is -0.353 e. The second-order valence-electron chi connectivity index (χ2n) is 6.92. The van der Waals surface area contributed by atoms with E-state index < -0.39 is 0 Å². The van der Waals surface area contributed by atoms with Crippen molar-refractivity contribution in [3.8, 4) is 0 Å². The molecule has 2 N–H and O–H groups in total. The van der Waals surface area contributed by atoms with E-state index in [0.29, 0.717) is 0 Å². The minimum absolute atomic E-state index is 0.161. The van der Waals surface area contributed by atoms with Gasteiger partial charge in [0.15, 0.2) is 0 Å². The van der Waals surface area contributed by atoms with Gasteiger partial charge in [-0.2, -0.15) is 0 Å². The van der Waals surface area contributed by atoms with Crippen molar-refractivity contribution in [2.75, 3.05) is 5.32 Å². The quantitative estimate of drug-likeness (QED) is 0.490. The summed E-state index contributed by atoms with van der Waals surface area (Å²) in [6, 6.07) is 14.3. The molecule has 0 saturated carbocycles. The maximum absolute atomic E-state index is 12.4. The summed E-state index contributed by atoms with van der Waals surface area (Å²) in [5.41, 5.74) is 7.01. The fourth-order valence-corrected chi connectivity index (χ4v) is 3.56. The van der Waals surface area contributed by atoms with Gasteiger partial charge in [-0.3, -0.25) is 9.78 Å². The van der Waals surface area contributed by atoms with Crippen LogP contribution in [0.2, 0.25) is 0 Å². The van der Waals surface area contributed by atoms with Gasteiger partial charge >= 0.3 is 0 Å². The molecular formula is C23H21N3O. The molecule has 27 heavy (non-hydrogen) atoms. The van der Waals surface area contributed by atoms with Gasteiger partial charge in [-0.05, 0) is 50.1 Å². The molecule has 0 radical (unpaired) electrons. The maximum atomic E-state index is 12.4. The van der Waals surface area contributed by atoms with Crippen molar-refractivity contribution in [2.24, 2.45) is 0 Å². The zero-order valence-corrected chi connectivity index (χ0v) is 15.6. The summed E-state index contributed by atoms with van der Waals surface area (Å²) >= 11 is 0. The van der Waals surface area contributed by atoms with Gasteiger partial charge < -0.3 is 10.3 Å². The number of H-pyrrole nitrogens is 1. The number of aryl methyl sites for hydroxylation is 3. The molecule has 2 heterocycles. The smallest absolute Gasteiger partial charge is 0.248 e. The monoisotopic (exact) mass is 355 g/mol. The lowest BCUT2D eigenvalue weighted by molar-refractivity contribution is -0.111. The first-order chi connectivity index (χ1) is 13.0. The van der Waals surface area contributed by atoms with Crippen molar-refractivity contribution in [1.29, 1.82) is 0 Å². The van der Waals surface area contributed by atoms with Gasteiger partial charge in [-0.1, -0.05) is 35.9 Å². The highest BCUT2D eigenvalue weighted by molar-refractivity contribution is 6.08. The summed E-state index contributed by atoms with van der Waals surface area (Å²) in [5, 5.41) is 5.23. The van der Waals surface area contributed by atoms with Gasteiger partial charge in [0.1, 0.15) is 0 Å². The molecule has 134 valence electrons. The number of hydrogen-bond donors (Lipinski definition) is 2. The van der Waals surface area contributed by atoms with E-state index in [1.807, 2.05) is 38.1 Å². The number of benzene rings is 2. The van der Waals surface area contributed by atoms with E-state index in [2.05, 4.69) is 40.4 Å². The van der Waals surface area contributed by atoms with Crippen molar-refractivity contribution >= 4 is 39.5 Å². The Morgan fingerprint density at radius 1 is 1.00 bits per heavy atom. The molecule has 0 fully saturated rings. The number of aromatic nitrogens is 2. The Morgan fingerprint density at radius 3 is 2.52 bits per heavy atom. The second kappa shape index (κ2) is 6.72. The number of rotatable bonds is 3. The van der Waals surface area contributed by atoms with Crippen molar-refractivity contribution < 1.29 is 4.79 Å². The first-order valence-electron chi connectivity index (χ1n) is 8.94. The number of anilines is 1. The van der Waals surface area contributed by atoms with Crippen LogP contribution in [0.3, 0.4) is 0 Å². The number of carbonyl (C=O) groups is 1. The molecule has 0 bridgehead atoms. The Labute approximate surface area is 157 Å². The van der Waals surface area contributed by atoms with Crippen LogP contribution in [0.5, 0.6) is 0 Å². The SMILES string of the molecule is Cc1cc(C)c(NC(=O)/C=C/c2cc3c(cn2)[nH]c2ccccc23)c(C)c1. The minimum atomic E-state index is -0.161. The summed E-state index contributed by atoms with van der Waals surface area (Å²) in [6.45, 7) is 6.07. The summed E-state index contributed by atoms with van der Waals surface area (Å²) < 4.78 is 0. The molecule has 0 unspecified atom stereocenters. The van der Waals surface area contributed by atoms with E-state index in [1.165, 1.54) is 11.6 Å². The van der Waals surface area contributed by atoms with E-state index in [1.54, 1.807) is 12.3 Å². The molecule has 0 saturated heterocycles. The molecule has 2 aromatic heterocycles. The predicted octanol–water partition coefficient (Wildman–Crippen LogP) is 5.29. The normalized spacial score (nSPS) is 11.5. The van der Waals surface area contributed by atoms with E-state index in [0.717, 1.165) is 44.3 Å². The Balaban J connectivity index is 1.59. The van der Waals surface area contributed by atoms with Gasteiger partial charge in [0, 0.05) is 28.1 Å². The number of hydrogen-bond acceptors (Lipinski definition) is 2. The van der Waals surface area contributed by atoms with Crippen molar-refractivity contribution in [3.05, 3.63) is 77.1 Å². The van der Waals surface area contributed by atoms with Crippen LogP contribution in [-0.2, 0) is 4.79 Å². The molecule has 2 aromatic carbocycles. The van der Waals surface area contributed by atoms with Crippen LogP contribution >= 0.6 is 0 Å². The second-order valence-corrected chi connectivity index (χ2v) is 6.92. The number of fused-ring (bicyclic) bond motifs is 3. The molecule has 1 amide bonds.